The van der Waals surface area contributed by atoms with Crippen molar-refractivity contribution < 1.29 is 13.9 Å². The predicted octanol–water partition coefficient (Wildman–Crippen LogP) is 4.62. The first-order valence-electron chi connectivity index (χ1n) is 9.12. The first-order valence-corrected chi connectivity index (χ1v) is 9.50. The van der Waals surface area contributed by atoms with E-state index >= 15 is 0 Å². The zero-order valence-corrected chi connectivity index (χ0v) is 17.3. The molecular weight excluding hydrogens is 378 g/mol. The first-order chi connectivity index (χ1) is 13.4. The number of hydrogen-bond donors (Lipinski definition) is 0. The van der Waals surface area contributed by atoms with E-state index in [9.17, 15) is 4.79 Å². The van der Waals surface area contributed by atoms with Gasteiger partial charge in [-0.2, -0.15) is 5.10 Å². The van der Waals surface area contributed by atoms with Gasteiger partial charge in [0.2, 0.25) is 0 Å². The van der Waals surface area contributed by atoms with E-state index < -0.39 is 0 Å². The fraction of sp³-hybridized carbons (Fsp3) is 0.333. The molecule has 0 unspecified atom stereocenters. The Kier molecular flexibility index (Phi) is 6.09. The third kappa shape index (κ3) is 4.57. The number of furan rings is 1. The normalized spacial score (nSPS) is 10.9. The Morgan fingerprint density at radius 3 is 2.64 bits per heavy atom. The van der Waals surface area contributed by atoms with Crippen LogP contribution in [0.25, 0.3) is 0 Å². The molecule has 0 N–H and O–H groups in total. The van der Waals surface area contributed by atoms with E-state index in [1.807, 2.05) is 32.9 Å². The van der Waals surface area contributed by atoms with Gasteiger partial charge in [0.25, 0.3) is 5.91 Å². The first kappa shape index (κ1) is 20.0. The van der Waals surface area contributed by atoms with E-state index in [4.69, 9.17) is 20.8 Å². The highest BCUT2D eigenvalue weighted by atomic mass is 35.5. The monoisotopic (exact) mass is 401 g/mol. The molecule has 0 aliphatic carbocycles. The molecule has 0 saturated carbocycles. The van der Waals surface area contributed by atoms with Crippen molar-refractivity contribution in [2.24, 2.45) is 0 Å². The molecule has 3 rings (SSSR count). The zero-order chi connectivity index (χ0) is 20.3. The molecular formula is C21H24ClN3O3. The summed E-state index contributed by atoms with van der Waals surface area (Å²) in [6.45, 7) is 7.31. The van der Waals surface area contributed by atoms with Gasteiger partial charge < -0.3 is 14.1 Å². The van der Waals surface area contributed by atoms with Gasteiger partial charge in [-0.25, -0.2) is 0 Å². The molecule has 6 nitrogen and oxygen atoms in total. The van der Waals surface area contributed by atoms with Gasteiger partial charge in [-0.3, -0.25) is 9.48 Å². The Hall–Kier alpha value is -2.73. The Morgan fingerprint density at radius 1 is 1.25 bits per heavy atom. The van der Waals surface area contributed by atoms with Crippen LogP contribution in [0.15, 0.2) is 40.9 Å². The van der Waals surface area contributed by atoms with Crippen LogP contribution in [0.2, 0.25) is 5.02 Å². The van der Waals surface area contributed by atoms with Crippen LogP contribution in [-0.2, 0) is 19.7 Å². The molecule has 0 radical (unpaired) electrons. The van der Waals surface area contributed by atoms with Gasteiger partial charge in [0.1, 0.15) is 18.1 Å². The van der Waals surface area contributed by atoms with E-state index in [-0.39, 0.29) is 18.3 Å². The number of aryl methyl sites for hydroxylation is 3. The number of carbonyl (C=O) groups excluding carboxylic acids is 1. The molecule has 1 amide bonds. The second-order valence-corrected chi connectivity index (χ2v) is 7.20. The molecule has 0 atom stereocenters. The van der Waals surface area contributed by atoms with Crippen molar-refractivity contribution in [3.05, 3.63) is 69.9 Å². The van der Waals surface area contributed by atoms with Crippen molar-refractivity contribution in [1.82, 2.24) is 14.7 Å². The van der Waals surface area contributed by atoms with Crippen molar-refractivity contribution in [2.75, 3.05) is 7.05 Å². The van der Waals surface area contributed by atoms with E-state index in [2.05, 4.69) is 11.2 Å². The maximum absolute atomic E-state index is 12.7. The van der Waals surface area contributed by atoms with Gasteiger partial charge in [-0.1, -0.05) is 17.7 Å². The van der Waals surface area contributed by atoms with Gasteiger partial charge in [0.15, 0.2) is 5.76 Å². The Bertz CT molecular complexity index is 957. The van der Waals surface area contributed by atoms with E-state index in [0.29, 0.717) is 23.9 Å². The van der Waals surface area contributed by atoms with Gasteiger partial charge in [-0.15, -0.1) is 0 Å². The summed E-state index contributed by atoms with van der Waals surface area (Å²) in [5, 5.41) is 4.74. The van der Waals surface area contributed by atoms with Crippen LogP contribution in [0.3, 0.4) is 0 Å². The SMILES string of the molecule is CCn1ncc(Cl)c1CN(C)C(=O)c1ccc(COc2cc(C)cc(C)c2)o1. The third-order valence-electron chi connectivity index (χ3n) is 4.38. The number of benzene rings is 1. The summed E-state index contributed by atoms with van der Waals surface area (Å²) in [4.78, 5) is 14.2. The highest BCUT2D eigenvalue weighted by Crippen LogP contribution is 2.20. The summed E-state index contributed by atoms with van der Waals surface area (Å²) in [5.74, 6) is 1.41. The number of amides is 1. The number of rotatable bonds is 7. The van der Waals surface area contributed by atoms with Crippen LogP contribution >= 0.6 is 11.6 Å². The quantitative estimate of drug-likeness (QED) is 0.579. The fourth-order valence-electron chi connectivity index (χ4n) is 3.04. The van der Waals surface area contributed by atoms with Gasteiger partial charge >= 0.3 is 0 Å². The minimum Gasteiger partial charge on any atom is -0.486 e. The lowest BCUT2D eigenvalue weighted by atomic mass is 10.1. The van der Waals surface area contributed by atoms with Crippen LogP contribution in [0.4, 0.5) is 0 Å². The maximum atomic E-state index is 12.7. The van der Waals surface area contributed by atoms with Crippen molar-refractivity contribution in [1.29, 1.82) is 0 Å². The van der Waals surface area contributed by atoms with E-state index in [1.54, 1.807) is 35.0 Å². The molecule has 2 aromatic heterocycles. The highest BCUT2D eigenvalue weighted by molar-refractivity contribution is 6.31. The summed E-state index contributed by atoms with van der Waals surface area (Å²) < 4.78 is 13.2. The molecule has 0 saturated heterocycles. The van der Waals surface area contributed by atoms with Crippen LogP contribution in [0, 0.1) is 13.8 Å². The topological polar surface area (TPSA) is 60.5 Å². The summed E-state index contributed by atoms with van der Waals surface area (Å²) in [5.41, 5.74) is 3.07. The lowest BCUT2D eigenvalue weighted by Gasteiger charge is -2.16. The summed E-state index contributed by atoms with van der Waals surface area (Å²) in [7, 11) is 1.71. The molecule has 0 spiro atoms. The molecule has 148 valence electrons. The average molecular weight is 402 g/mol. The Balaban J connectivity index is 1.63. The van der Waals surface area contributed by atoms with E-state index in [1.165, 1.54) is 0 Å². The average Bonchev–Trinajstić information content (AvgIpc) is 3.26. The lowest BCUT2D eigenvalue weighted by Crippen LogP contribution is -2.27. The Morgan fingerprint density at radius 2 is 1.96 bits per heavy atom. The molecule has 0 fully saturated rings. The Labute approximate surface area is 169 Å². The third-order valence-corrected chi connectivity index (χ3v) is 4.70. The van der Waals surface area contributed by atoms with Crippen molar-refractivity contribution in [2.45, 2.75) is 40.5 Å². The number of ether oxygens (including phenoxy) is 1. The van der Waals surface area contributed by atoms with Crippen LogP contribution < -0.4 is 4.74 Å². The molecule has 0 bridgehead atoms. The summed E-state index contributed by atoms with van der Waals surface area (Å²) in [6, 6.07) is 9.45. The maximum Gasteiger partial charge on any atom is 0.289 e. The molecule has 1 aromatic carbocycles. The van der Waals surface area contributed by atoms with Crippen molar-refractivity contribution >= 4 is 17.5 Å². The van der Waals surface area contributed by atoms with Crippen molar-refractivity contribution in [3.63, 3.8) is 0 Å². The zero-order valence-electron chi connectivity index (χ0n) is 16.5. The standard InChI is InChI=1S/C21H24ClN3O3/c1-5-25-19(18(22)11-23-25)12-24(4)21(26)20-7-6-16(28-20)13-27-17-9-14(2)8-15(3)10-17/h6-11H,5,12-13H2,1-4H3. The van der Waals surface area contributed by atoms with Crippen LogP contribution in [-0.4, -0.2) is 27.6 Å². The van der Waals surface area contributed by atoms with Crippen LogP contribution in [0.1, 0.15) is 40.1 Å². The molecule has 3 aromatic rings. The minimum absolute atomic E-state index is 0.224. The second-order valence-electron chi connectivity index (χ2n) is 6.79. The van der Waals surface area contributed by atoms with Gasteiger partial charge in [-0.05, 0) is 56.2 Å². The predicted molar refractivity (Wildman–Crippen MR) is 108 cm³/mol. The number of halogens is 1. The molecule has 7 heteroatoms. The highest BCUT2D eigenvalue weighted by Gasteiger charge is 2.19. The smallest absolute Gasteiger partial charge is 0.289 e. The number of nitrogens with zero attached hydrogens (tertiary/aromatic N) is 3. The van der Waals surface area contributed by atoms with Gasteiger partial charge in [0, 0.05) is 13.6 Å². The molecule has 28 heavy (non-hydrogen) atoms. The molecule has 0 aliphatic heterocycles. The van der Waals surface area contributed by atoms with E-state index in [0.717, 1.165) is 22.6 Å². The fourth-order valence-corrected chi connectivity index (χ4v) is 3.24. The molecule has 2 heterocycles. The largest absolute Gasteiger partial charge is 0.486 e. The number of carbonyl (C=O) groups is 1. The number of hydrogen-bond acceptors (Lipinski definition) is 4. The van der Waals surface area contributed by atoms with Crippen molar-refractivity contribution in [3.8, 4) is 5.75 Å². The minimum atomic E-state index is -0.224. The lowest BCUT2D eigenvalue weighted by molar-refractivity contribution is 0.0745. The van der Waals surface area contributed by atoms with Crippen LogP contribution in [0.5, 0.6) is 5.75 Å². The summed E-state index contributed by atoms with van der Waals surface area (Å²) in [6.07, 6.45) is 1.59. The summed E-state index contributed by atoms with van der Waals surface area (Å²) >= 11 is 6.18. The number of aromatic nitrogens is 2. The second kappa shape index (κ2) is 8.52. The van der Waals surface area contributed by atoms with Gasteiger partial charge in [0.05, 0.1) is 23.5 Å². The molecule has 0 aliphatic rings.